The number of rotatable bonds is 3. The third kappa shape index (κ3) is 3.88. The Kier molecular flexibility index (Phi) is 3.75. The lowest BCUT2D eigenvalue weighted by atomic mass is 10.2. The molecule has 0 unspecified atom stereocenters. The SMILES string of the molecule is N#Cc1ccnc(Nc2ccc(OC(F)(F)F)cc2)c1. The molecule has 1 aromatic carbocycles. The fourth-order valence-corrected chi connectivity index (χ4v) is 1.46. The number of halogens is 3. The molecular weight excluding hydrogens is 271 g/mol. The maximum Gasteiger partial charge on any atom is 0.573 e. The van der Waals surface area contributed by atoms with Crippen molar-refractivity contribution in [3.63, 3.8) is 0 Å². The molecule has 0 bridgehead atoms. The lowest BCUT2D eigenvalue weighted by molar-refractivity contribution is -0.274. The Labute approximate surface area is 112 Å². The summed E-state index contributed by atoms with van der Waals surface area (Å²) in [6, 6.07) is 10.2. The molecular formula is C13H8F3N3O. The molecule has 0 spiro atoms. The molecule has 0 radical (unpaired) electrons. The zero-order valence-corrected chi connectivity index (χ0v) is 9.98. The Morgan fingerprint density at radius 1 is 1.15 bits per heavy atom. The van der Waals surface area contributed by atoms with Gasteiger partial charge in [0.25, 0.3) is 0 Å². The molecule has 0 fully saturated rings. The minimum Gasteiger partial charge on any atom is -0.406 e. The number of ether oxygens (including phenoxy) is 1. The lowest BCUT2D eigenvalue weighted by Crippen LogP contribution is -2.16. The van der Waals surface area contributed by atoms with Crippen LogP contribution in [0, 0.1) is 11.3 Å². The molecule has 1 aromatic heterocycles. The molecule has 0 saturated carbocycles. The lowest BCUT2D eigenvalue weighted by Gasteiger charge is -2.10. The summed E-state index contributed by atoms with van der Waals surface area (Å²) in [5, 5.41) is 11.6. The van der Waals surface area contributed by atoms with E-state index in [0.29, 0.717) is 17.1 Å². The molecule has 1 heterocycles. The molecule has 102 valence electrons. The largest absolute Gasteiger partial charge is 0.573 e. The highest BCUT2D eigenvalue weighted by molar-refractivity contribution is 5.58. The molecule has 4 nitrogen and oxygen atoms in total. The van der Waals surface area contributed by atoms with Crippen LogP contribution in [-0.2, 0) is 0 Å². The van der Waals surface area contributed by atoms with Crippen LogP contribution in [0.15, 0.2) is 42.6 Å². The van der Waals surface area contributed by atoms with E-state index >= 15 is 0 Å². The summed E-state index contributed by atoms with van der Waals surface area (Å²) in [5.74, 6) is 0.121. The van der Waals surface area contributed by atoms with Crippen molar-refractivity contribution in [2.45, 2.75) is 6.36 Å². The van der Waals surface area contributed by atoms with E-state index in [0.717, 1.165) is 0 Å². The van der Waals surface area contributed by atoms with Gasteiger partial charge >= 0.3 is 6.36 Å². The molecule has 0 atom stereocenters. The molecule has 1 N–H and O–H groups in total. The van der Waals surface area contributed by atoms with Crippen LogP contribution in [0.3, 0.4) is 0 Å². The first kappa shape index (κ1) is 13.7. The molecule has 7 heteroatoms. The quantitative estimate of drug-likeness (QED) is 0.932. The van der Waals surface area contributed by atoms with Crippen LogP contribution in [0.2, 0.25) is 0 Å². The Morgan fingerprint density at radius 3 is 2.45 bits per heavy atom. The minimum absolute atomic E-state index is 0.304. The fraction of sp³-hybridized carbons (Fsp3) is 0.0769. The zero-order chi connectivity index (χ0) is 14.6. The second-order valence-corrected chi connectivity index (χ2v) is 3.74. The van der Waals surface area contributed by atoms with Gasteiger partial charge in [-0.25, -0.2) is 4.98 Å². The Balaban J connectivity index is 2.09. The predicted octanol–water partition coefficient (Wildman–Crippen LogP) is 3.60. The molecule has 20 heavy (non-hydrogen) atoms. The number of anilines is 2. The van der Waals surface area contributed by atoms with Crippen LogP contribution in [-0.4, -0.2) is 11.3 Å². The highest BCUT2D eigenvalue weighted by Gasteiger charge is 2.30. The fourth-order valence-electron chi connectivity index (χ4n) is 1.46. The molecule has 2 aromatic rings. The van der Waals surface area contributed by atoms with Crippen LogP contribution >= 0.6 is 0 Å². The van der Waals surface area contributed by atoms with Crippen molar-refractivity contribution in [3.05, 3.63) is 48.2 Å². The number of pyridine rings is 1. The van der Waals surface area contributed by atoms with Crippen LogP contribution in [0.4, 0.5) is 24.7 Å². The van der Waals surface area contributed by atoms with E-state index in [1.165, 1.54) is 36.5 Å². The topological polar surface area (TPSA) is 57.9 Å². The molecule has 0 saturated heterocycles. The number of alkyl halides is 3. The summed E-state index contributed by atoms with van der Waals surface area (Å²) < 4.78 is 39.7. The van der Waals surface area contributed by atoms with Crippen LogP contribution in [0.5, 0.6) is 5.75 Å². The van der Waals surface area contributed by atoms with Crippen LogP contribution < -0.4 is 10.1 Å². The summed E-state index contributed by atoms with van der Waals surface area (Å²) >= 11 is 0. The van der Waals surface area contributed by atoms with E-state index in [-0.39, 0.29) is 5.75 Å². The van der Waals surface area contributed by atoms with E-state index < -0.39 is 6.36 Å². The standard InChI is InChI=1S/C13H8F3N3O/c14-13(15,16)20-11-3-1-10(2-4-11)19-12-7-9(8-17)5-6-18-12/h1-7H,(H,18,19). The molecule has 0 aliphatic rings. The summed E-state index contributed by atoms with van der Waals surface area (Å²) in [6.45, 7) is 0. The average Bonchev–Trinajstić information content (AvgIpc) is 2.40. The molecule has 0 amide bonds. The van der Waals surface area contributed by atoms with Gasteiger partial charge in [-0.2, -0.15) is 5.26 Å². The summed E-state index contributed by atoms with van der Waals surface area (Å²) in [6.07, 6.45) is -3.25. The zero-order valence-electron chi connectivity index (χ0n) is 9.98. The van der Waals surface area contributed by atoms with Crippen molar-refractivity contribution < 1.29 is 17.9 Å². The summed E-state index contributed by atoms with van der Waals surface area (Å²) in [4.78, 5) is 3.99. The van der Waals surface area contributed by atoms with Gasteiger partial charge in [-0.15, -0.1) is 13.2 Å². The van der Waals surface area contributed by atoms with E-state index in [1.807, 2.05) is 6.07 Å². The predicted molar refractivity (Wildman–Crippen MR) is 65.4 cm³/mol. The van der Waals surface area contributed by atoms with Crippen molar-refractivity contribution in [3.8, 4) is 11.8 Å². The number of benzene rings is 1. The van der Waals surface area contributed by atoms with Crippen molar-refractivity contribution in [1.29, 1.82) is 5.26 Å². The Bertz CT molecular complexity index is 633. The van der Waals surface area contributed by atoms with Gasteiger partial charge in [-0.1, -0.05) is 0 Å². The number of nitrogens with one attached hydrogen (secondary N) is 1. The van der Waals surface area contributed by atoms with E-state index in [9.17, 15) is 13.2 Å². The van der Waals surface area contributed by atoms with Crippen molar-refractivity contribution in [2.24, 2.45) is 0 Å². The van der Waals surface area contributed by atoms with Gasteiger partial charge in [0.2, 0.25) is 0 Å². The number of hydrogen-bond donors (Lipinski definition) is 1. The molecule has 0 aliphatic heterocycles. The van der Waals surface area contributed by atoms with E-state index in [2.05, 4.69) is 15.0 Å². The maximum atomic E-state index is 12.0. The van der Waals surface area contributed by atoms with Crippen molar-refractivity contribution in [2.75, 3.05) is 5.32 Å². The van der Waals surface area contributed by atoms with Gasteiger partial charge in [0.1, 0.15) is 11.6 Å². The number of nitriles is 1. The van der Waals surface area contributed by atoms with E-state index in [4.69, 9.17) is 5.26 Å². The van der Waals surface area contributed by atoms with Gasteiger partial charge in [0.05, 0.1) is 11.6 Å². The second kappa shape index (κ2) is 5.48. The van der Waals surface area contributed by atoms with Gasteiger partial charge in [-0.3, -0.25) is 0 Å². The highest BCUT2D eigenvalue weighted by atomic mass is 19.4. The Morgan fingerprint density at radius 2 is 1.85 bits per heavy atom. The third-order valence-electron chi connectivity index (χ3n) is 2.25. The number of nitrogens with zero attached hydrogens (tertiary/aromatic N) is 2. The first-order valence-electron chi connectivity index (χ1n) is 5.45. The molecule has 0 aliphatic carbocycles. The number of hydrogen-bond acceptors (Lipinski definition) is 4. The van der Waals surface area contributed by atoms with Gasteiger partial charge < -0.3 is 10.1 Å². The van der Waals surface area contributed by atoms with Crippen molar-refractivity contribution in [1.82, 2.24) is 4.98 Å². The first-order chi connectivity index (χ1) is 9.46. The smallest absolute Gasteiger partial charge is 0.406 e. The number of aromatic nitrogens is 1. The van der Waals surface area contributed by atoms with Gasteiger partial charge in [0, 0.05) is 11.9 Å². The highest BCUT2D eigenvalue weighted by Crippen LogP contribution is 2.25. The minimum atomic E-state index is -4.71. The van der Waals surface area contributed by atoms with E-state index in [1.54, 1.807) is 6.07 Å². The second-order valence-electron chi connectivity index (χ2n) is 3.74. The summed E-state index contributed by atoms with van der Waals surface area (Å²) in [7, 11) is 0. The van der Waals surface area contributed by atoms with Gasteiger partial charge in [0.15, 0.2) is 0 Å². The monoisotopic (exact) mass is 279 g/mol. The normalized spacial score (nSPS) is 10.7. The maximum absolute atomic E-state index is 12.0. The van der Waals surface area contributed by atoms with Crippen LogP contribution in [0.1, 0.15) is 5.56 Å². The summed E-state index contributed by atoms with van der Waals surface area (Å²) in [5.41, 5.74) is 0.960. The van der Waals surface area contributed by atoms with Gasteiger partial charge in [-0.05, 0) is 36.4 Å². The third-order valence-corrected chi connectivity index (χ3v) is 2.25. The van der Waals surface area contributed by atoms with Crippen LogP contribution in [0.25, 0.3) is 0 Å². The van der Waals surface area contributed by atoms with Crippen molar-refractivity contribution >= 4 is 11.5 Å². The average molecular weight is 279 g/mol. The Hall–Kier alpha value is -2.75. The molecule has 2 rings (SSSR count). The first-order valence-corrected chi connectivity index (χ1v) is 5.45.